The molecule has 2 aromatic heterocycles. The molecule has 2 N–H and O–H groups in total. The Bertz CT molecular complexity index is 658. The van der Waals surface area contributed by atoms with Crippen molar-refractivity contribution in [3.63, 3.8) is 0 Å². The van der Waals surface area contributed by atoms with E-state index < -0.39 is 24.5 Å². The van der Waals surface area contributed by atoms with Gasteiger partial charge in [0.25, 0.3) is 0 Å². The summed E-state index contributed by atoms with van der Waals surface area (Å²) < 4.78 is 7.32. The molecule has 3 heterocycles. The van der Waals surface area contributed by atoms with Crippen LogP contribution in [0.3, 0.4) is 0 Å². The highest BCUT2D eigenvalue weighted by atomic mass is 16.6. The van der Waals surface area contributed by atoms with E-state index >= 15 is 0 Å². The van der Waals surface area contributed by atoms with Gasteiger partial charge in [-0.2, -0.15) is 0 Å². The van der Waals surface area contributed by atoms with Crippen molar-refractivity contribution in [1.29, 1.82) is 0 Å². The number of aryl methyl sites for hydroxylation is 2. The smallest absolute Gasteiger partial charge is 0.166 e. The third-order valence-electron chi connectivity index (χ3n) is 3.87. The van der Waals surface area contributed by atoms with Crippen LogP contribution in [0.5, 0.6) is 0 Å². The molecule has 2 aromatic rings. The summed E-state index contributed by atoms with van der Waals surface area (Å²) in [4.78, 5) is 13.3. The summed E-state index contributed by atoms with van der Waals surface area (Å²) in [6.45, 7) is 5.70. The van der Waals surface area contributed by atoms with E-state index in [0.717, 1.165) is 24.4 Å². The third kappa shape index (κ3) is 2.60. The second-order valence-corrected chi connectivity index (χ2v) is 5.51. The van der Waals surface area contributed by atoms with E-state index in [2.05, 4.69) is 21.9 Å². The quantitative estimate of drug-likeness (QED) is 0.889. The van der Waals surface area contributed by atoms with Crippen molar-refractivity contribution in [1.82, 2.24) is 19.5 Å². The van der Waals surface area contributed by atoms with Crippen molar-refractivity contribution in [2.24, 2.45) is 0 Å². The van der Waals surface area contributed by atoms with Gasteiger partial charge in [-0.1, -0.05) is 14.4 Å². The number of aliphatic hydroxyl groups excluding tert-OH is 2. The standard InChI is InChI=1S/C14H20N4O3.CH4/c1-4-5-9-16-7(2)10-13(17-9)18(6-15-10)14-12(20)11(19)8(3)21-14;/h6,8,11-12,14,19-20H,4-5H2,1-3H3;1H4/t8-,11?,12+,14-;/m1./s1. The summed E-state index contributed by atoms with van der Waals surface area (Å²) >= 11 is 0. The highest BCUT2D eigenvalue weighted by Crippen LogP contribution is 2.31. The Hall–Kier alpha value is -1.57. The Balaban J connectivity index is 0.00000176. The molecule has 1 aliphatic rings. The van der Waals surface area contributed by atoms with Gasteiger partial charge in [0.2, 0.25) is 0 Å². The SMILES string of the molecule is C.CCCc1nc(C)c2ncn([C@@H]3O[C@H](C)C(O)[C@@H]3O)c2n1. The maximum atomic E-state index is 10.1. The molecule has 122 valence electrons. The number of aromatic nitrogens is 4. The van der Waals surface area contributed by atoms with Crippen molar-refractivity contribution < 1.29 is 14.9 Å². The first-order chi connectivity index (χ1) is 10.0. The Kier molecular flexibility index (Phi) is 4.79. The second-order valence-electron chi connectivity index (χ2n) is 5.51. The molecule has 7 nitrogen and oxygen atoms in total. The van der Waals surface area contributed by atoms with E-state index in [4.69, 9.17) is 4.74 Å². The molecule has 1 unspecified atom stereocenters. The van der Waals surface area contributed by atoms with Crippen molar-refractivity contribution >= 4 is 11.2 Å². The molecule has 0 spiro atoms. The molecule has 0 bridgehead atoms. The van der Waals surface area contributed by atoms with Gasteiger partial charge >= 0.3 is 0 Å². The lowest BCUT2D eigenvalue weighted by molar-refractivity contribution is -0.0299. The molecule has 0 radical (unpaired) electrons. The molecule has 1 saturated heterocycles. The fourth-order valence-electron chi connectivity index (χ4n) is 2.69. The predicted octanol–water partition coefficient (Wildman–Crippen LogP) is 1.36. The van der Waals surface area contributed by atoms with E-state index in [-0.39, 0.29) is 7.43 Å². The summed E-state index contributed by atoms with van der Waals surface area (Å²) in [6.07, 6.45) is 0.310. The number of imidazole rings is 1. The Morgan fingerprint density at radius 1 is 1.27 bits per heavy atom. The predicted molar refractivity (Wildman–Crippen MR) is 82.4 cm³/mol. The molecular weight excluding hydrogens is 284 g/mol. The lowest BCUT2D eigenvalue weighted by atomic mass is 10.1. The van der Waals surface area contributed by atoms with Gasteiger partial charge in [0.1, 0.15) is 23.5 Å². The normalized spacial score (nSPS) is 28.0. The first-order valence-electron chi connectivity index (χ1n) is 7.24. The van der Waals surface area contributed by atoms with Crippen molar-refractivity contribution in [3.8, 4) is 0 Å². The monoisotopic (exact) mass is 308 g/mol. The van der Waals surface area contributed by atoms with Gasteiger partial charge in [-0.15, -0.1) is 0 Å². The zero-order chi connectivity index (χ0) is 15.1. The average Bonchev–Trinajstić information content (AvgIpc) is 2.96. The Morgan fingerprint density at radius 3 is 2.59 bits per heavy atom. The van der Waals surface area contributed by atoms with Crippen LogP contribution in [0.25, 0.3) is 11.2 Å². The van der Waals surface area contributed by atoms with Crippen LogP contribution in [0.15, 0.2) is 6.33 Å². The van der Waals surface area contributed by atoms with Crippen LogP contribution in [0.1, 0.15) is 45.4 Å². The molecule has 0 aromatic carbocycles. The summed E-state index contributed by atoms with van der Waals surface area (Å²) in [5.41, 5.74) is 2.14. The maximum absolute atomic E-state index is 10.1. The van der Waals surface area contributed by atoms with Gasteiger partial charge in [0.05, 0.1) is 18.1 Å². The van der Waals surface area contributed by atoms with Crippen LogP contribution >= 0.6 is 0 Å². The highest BCUT2D eigenvalue weighted by Gasteiger charge is 2.42. The van der Waals surface area contributed by atoms with E-state index in [0.29, 0.717) is 11.2 Å². The van der Waals surface area contributed by atoms with E-state index in [9.17, 15) is 10.2 Å². The number of aliphatic hydroxyl groups is 2. The van der Waals surface area contributed by atoms with Crippen LogP contribution < -0.4 is 0 Å². The van der Waals surface area contributed by atoms with E-state index in [1.807, 2.05) is 6.92 Å². The van der Waals surface area contributed by atoms with Gasteiger partial charge in [-0.25, -0.2) is 15.0 Å². The lowest BCUT2D eigenvalue weighted by Crippen LogP contribution is -2.30. The zero-order valence-corrected chi connectivity index (χ0v) is 12.4. The Labute approximate surface area is 130 Å². The van der Waals surface area contributed by atoms with Gasteiger partial charge in [0, 0.05) is 6.42 Å². The van der Waals surface area contributed by atoms with Crippen LogP contribution in [-0.2, 0) is 11.2 Å². The van der Waals surface area contributed by atoms with Crippen LogP contribution in [-0.4, -0.2) is 48.0 Å². The summed E-state index contributed by atoms with van der Waals surface area (Å²) in [5.74, 6) is 0.755. The molecule has 1 fully saturated rings. The average molecular weight is 308 g/mol. The van der Waals surface area contributed by atoms with Crippen LogP contribution in [0.2, 0.25) is 0 Å². The number of fused-ring (bicyclic) bond motifs is 1. The minimum absolute atomic E-state index is 0. The molecule has 7 heteroatoms. The van der Waals surface area contributed by atoms with E-state index in [1.165, 1.54) is 0 Å². The fourth-order valence-corrected chi connectivity index (χ4v) is 2.69. The number of rotatable bonds is 3. The molecule has 0 aliphatic carbocycles. The summed E-state index contributed by atoms with van der Waals surface area (Å²) in [7, 11) is 0. The summed E-state index contributed by atoms with van der Waals surface area (Å²) in [5, 5.41) is 20.0. The third-order valence-corrected chi connectivity index (χ3v) is 3.87. The van der Waals surface area contributed by atoms with Gasteiger partial charge in [-0.3, -0.25) is 4.57 Å². The molecular formula is C15H24N4O3. The number of nitrogens with zero attached hydrogens (tertiary/aromatic N) is 4. The fraction of sp³-hybridized carbons (Fsp3) is 0.667. The van der Waals surface area contributed by atoms with Gasteiger partial charge < -0.3 is 14.9 Å². The largest absolute Gasteiger partial charge is 0.388 e. The van der Waals surface area contributed by atoms with E-state index in [1.54, 1.807) is 17.8 Å². The van der Waals surface area contributed by atoms with Crippen molar-refractivity contribution in [2.75, 3.05) is 0 Å². The molecule has 0 saturated carbocycles. The number of hydrogen-bond donors (Lipinski definition) is 2. The highest BCUT2D eigenvalue weighted by molar-refractivity contribution is 5.73. The summed E-state index contributed by atoms with van der Waals surface area (Å²) in [6, 6.07) is 0. The molecule has 22 heavy (non-hydrogen) atoms. The first kappa shape index (κ1) is 16.8. The van der Waals surface area contributed by atoms with Crippen molar-refractivity contribution in [2.45, 2.75) is 65.6 Å². The molecule has 1 aliphatic heterocycles. The zero-order valence-electron chi connectivity index (χ0n) is 12.4. The lowest BCUT2D eigenvalue weighted by Gasteiger charge is -2.16. The van der Waals surface area contributed by atoms with Crippen molar-refractivity contribution in [3.05, 3.63) is 17.8 Å². The van der Waals surface area contributed by atoms with Crippen LogP contribution in [0.4, 0.5) is 0 Å². The number of ether oxygens (including phenoxy) is 1. The molecule has 3 rings (SSSR count). The minimum Gasteiger partial charge on any atom is -0.388 e. The topological polar surface area (TPSA) is 93.3 Å². The van der Waals surface area contributed by atoms with Gasteiger partial charge in [0.15, 0.2) is 11.9 Å². The molecule has 4 atom stereocenters. The Morgan fingerprint density at radius 2 is 2.00 bits per heavy atom. The second kappa shape index (κ2) is 6.28. The van der Waals surface area contributed by atoms with Crippen LogP contribution in [0, 0.1) is 6.92 Å². The maximum Gasteiger partial charge on any atom is 0.166 e. The minimum atomic E-state index is -0.998. The number of hydrogen-bond acceptors (Lipinski definition) is 6. The van der Waals surface area contributed by atoms with Gasteiger partial charge in [-0.05, 0) is 20.3 Å². The first-order valence-corrected chi connectivity index (χ1v) is 7.24. The molecule has 0 amide bonds.